The van der Waals surface area contributed by atoms with Crippen LogP contribution in [0.15, 0.2) is 12.2 Å². The summed E-state index contributed by atoms with van der Waals surface area (Å²) in [5.74, 6) is 2.81. The highest BCUT2D eigenvalue weighted by atomic mass is 16.6. The number of ether oxygens (including phenoxy) is 2. The molecule has 0 aromatic carbocycles. The number of allylic oxidation sites excluding steroid dienone is 2. The Hall–Kier alpha value is -1.32. The third-order valence-corrected chi connectivity index (χ3v) is 8.15. The number of esters is 2. The summed E-state index contributed by atoms with van der Waals surface area (Å²) in [7, 11) is 0. The van der Waals surface area contributed by atoms with Crippen LogP contribution in [0.2, 0.25) is 0 Å². The van der Waals surface area contributed by atoms with Crippen molar-refractivity contribution in [1.82, 2.24) is 0 Å². The fourth-order valence-electron chi connectivity index (χ4n) is 6.85. The van der Waals surface area contributed by atoms with Gasteiger partial charge in [-0.3, -0.25) is 9.59 Å². The first kappa shape index (κ1) is 20.0. The molecular weight excluding hydrogens is 352 g/mol. The van der Waals surface area contributed by atoms with Gasteiger partial charge in [0.15, 0.2) is 0 Å². The molecule has 4 heteroatoms. The summed E-state index contributed by atoms with van der Waals surface area (Å²) >= 11 is 0. The van der Waals surface area contributed by atoms with E-state index >= 15 is 0 Å². The highest BCUT2D eigenvalue weighted by Crippen LogP contribution is 2.55. The first-order valence-corrected chi connectivity index (χ1v) is 11.4. The number of fused-ring (bicyclic) bond motifs is 4. The summed E-state index contributed by atoms with van der Waals surface area (Å²) in [6.07, 6.45) is 14.6. The normalized spacial score (nSPS) is 39.9. The molecule has 0 saturated heterocycles. The van der Waals surface area contributed by atoms with Crippen molar-refractivity contribution in [1.29, 1.82) is 0 Å². The van der Waals surface area contributed by atoms with Crippen LogP contribution in [0.5, 0.6) is 0 Å². The van der Waals surface area contributed by atoms with E-state index in [1.165, 1.54) is 32.6 Å². The summed E-state index contributed by atoms with van der Waals surface area (Å²) in [4.78, 5) is 24.7. The SMILES string of the molecule is CCC1CC2CCC1(OC(=O)CC(C)(CCC1CC3C=CC1C3)OC(C)=O)C2. The molecule has 0 amide bonds. The number of carbonyl (C=O) groups is 2. The average molecular weight is 389 g/mol. The number of carbonyl (C=O) groups excluding carboxylic acids is 2. The Bertz CT molecular complexity index is 655. The van der Waals surface area contributed by atoms with Crippen LogP contribution in [0.1, 0.15) is 85.0 Å². The third-order valence-electron chi connectivity index (χ3n) is 8.15. The molecule has 0 N–H and O–H groups in total. The van der Waals surface area contributed by atoms with Gasteiger partial charge in [0.1, 0.15) is 11.2 Å². The van der Waals surface area contributed by atoms with E-state index < -0.39 is 5.60 Å². The molecule has 4 aliphatic rings. The van der Waals surface area contributed by atoms with Crippen LogP contribution in [-0.2, 0) is 19.1 Å². The fraction of sp³-hybridized carbons (Fsp3) is 0.833. The van der Waals surface area contributed by atoms with Crippen molar-refractivity contribution in [3.63, 3.8) is 0 Å². The van der Waals surface area contributed by atoms with Crippen LogP contribution in [0.25, 0.3) is 0 Å². The molecule has 7 atom stereocenters. The van der Waals surface area contributed by atoms with Gasteiger partial charge in [0.05, 0.1) is 6.42 Å². The predicted molar refractivity (Wildman–Crippen MR) is 107 cm³/mol. The van der Waals surface area contributed by atoms with Crippen LogP contribution in [-0.4, -0.2) is 23.1 Å². The standard InChI is InChI=1S/C24H36O4/c1-4-21-13-18-7-10-24(21,14-18)28-22(26)15-23(3,27-16(2)25)9-8-20-12-17-5-6-19(20)11-17/h5-6,17-21H,4,7-15H2,1-3H3. The zero-order valence-electron chi connectivity index (χ0n) is 17.7. The molecule has 28 heavy (non-hydrogen) atoms. The van der Waals surface area contributed by atoms with Crippen molar-refractivity contribution in [2.24, 2.45) is 29.6 Å². The molecule has 0 radical (unpaired) electrons. The Morgan fingerprint density at radius 3 is 2.64 bits per heavy atom. The molecule has 3 saturated carbocycles. The van der Waals surface area contributed by atoms with E-state index in [0.717, 1.165) is 43.9 Å². The lowest BCUT2D eigenvalue weighted by molar-refractivity contribution is -0.175. The average Bonchev–Trinajstić information content (AvgIpc) is 3.38. The molecule has 4 rings (SSSR count). The third kappa shape index (κ3) is 3.89. The van der Waals surface area contributed by atoms with Gasteiger partial charge in [0.2, 0.25) is 0 Å². The van der Waals surface area contributed by atoms with Crippen molar-refractivity contribution in [3.8, 4) is 0 Å². The first-order valence-electron chi connectivity index (χ1n) is 11.4. The van der Waals surface area contributed by atoms with Crippen molar-refractivity contribution < 1.29 is 19.1 Å². The topological polar surface area (TPSA) is 52.6 Å². The Morgan fingerprint density at radius 2 is 2.04 bits per heavy atom. The minimum absolute atomic E-state index is 0.173. The van der Waals surface area contributed by atoms with E-state index in [4.69, 9.17) is 9.47 Å². The molecule has 0 spiro atoms. The van der Waals surface area contributed by atoms with E-state index in [0.29, 0.717) is 17.8 Å². The zero-order chi connectivity index (χ0) is 19.9. The lowest BCUT2D eigenvalue weighted by Crippen LogP contribution is -2.41. The van der Waals surface area contributed by atoms with E-state index in [-0.39, 0.29) is 24.0 Å². The van der Waals surface area contributed by atoms with Gasteiger partial charge in [-0.1, -0.05) is 19.1 Å². The highest BCUT2D eigenvalue weighted by Gasteiger charge is 2.54. The van der Waals surface area contributed by atoms with Gasteiger partial charge < -0.3 is 9.47 Å². The minimum Gasteiger partial charge on any atom is -0.459 e. The van der Waals surface area contributed by atoms with Gasteiger partial charge in [-0.25, -0.2) is 0 Å². The Kier molecular flexibility index (Phi) is 5.35. The molecule has 0 aliphatic heterocycles. The largest absolute Gasteiger partial charge is 0.459 e. The van der Waals surface area contributed by atoms with E-state index in [1.807, 2.05) is 6.92 Å². The molecule has 7 unspecified atom stereocenters. The van der Waals surface area contributed by atoms with Crippen LogP contribution < -0.4 is 0 Å². The second kappa shape index (κ2) is 7.50. The second-order valence-electron chi connectivity index (χ2n) is 10.3. The Balaban J connectivity index is 1.37. The molecule has 3 fully saturated rings. The molecule has 0 aromatic rings. The molecule has 0 aromatic heterocycles. The number of hydrogen-bond acceptors (Lipinski definition) is 4. The van der Waals surface area contributed by atoms with Crippen LogP contribution in [0.3, 0.4) is 0 Å². The van der Waals surface area contributed by atoms with E-state index in [1.54, 1.807) is 0 Å². The maximum Gasteiger partial charge on any atom is 0.310 e. The quantitative estimate of drug-likeness (QED) is 0.423. The minimum atomic E-state index is -0.760. The summed E-state index contributed by atoms with van der Waals surface area (Å²) in [6, 6.07) is 0. The van der Waals surface area contributed by atoms with Gasteiger partial charge in [0.25, 0.3) is 0 Å². The molecule has 4 nitrogen and oxygen atoms in total. The number of hydrogen-bond donors (Lipinski definition) is 0. The molecule has 0 heterocycles. The van der Waals surface area contributed by atoms with Crippen molar-refractivity contribution >= 4 is 11.9 Å². The predicted octanol–water partition coefficient (Wildman–Crippen LogP) is 5.20. The van der Waals surface area contributed by atoms with Crippen molar-refractivity contribution in [2.75, 3.05) is 0 Å². The molecular formula is C24H36O4. The summed E-state index contributed by atoms with van der Waals surface area (Å²) < 4.78 is 11.8. The fourth-order valence-corrected chi connectivity index (χ4v) is 6.85. The Morgan fingerprint density at radius 1 is 1.21 bits per heavy atom. The number of rotatable bonds is 8. The molecule has 156 valence electrons. The molecule has 4 aliphatic carbocycles. The zero-order valence-corrected chi connectivity index (χ0v) is 17.7. The maximum absolute atomic E-state index is 12.9. The maximum atomic E-state index is 12.9. The smallest absolute Gasteiger partial charge is 0.310 e. The highest BCUT2D eigenvalue weighted by molar-refractivity contribution is 5.73. The lowest BCUT2D eigenvalue weighted by Gasteiger charge is -2.36. The van der Waals surface area contributed by atoms with Crippen molar-refractivity contribution in [2.45, 2.75) is 96.2 Å². The van der Waals surface area contributed by atoms with E-state index in [9.17, 15) is 9.59 Å². The van der Waals surface area contributed by atoms with Crippen LogP contribution in [0.4, 0.5) is 0 Å². The van der Waals surface area contributed by atoms with Gasteiger partial charge >= 0.3 is 11.9 Å². The lowest BCUT2D eigenvalue weighted by atomic mass is 9.83. The first-order chi connectivity index (χ1) is 13.3. The van der Waals surface area contributed by atoms with Gasteiger partial charge in [-0.05, 0) is 94.3 Å². The van der Waals surface area contributed by atoms with Gasteiger partial charge in [0, 0.05) is 6.92 Å². The van der Waals surface area contributed by atoms with Crippen LogP contribution in [0, 0.1) is 29.6 Å². The Labute approximate surface area is 169 Å². The molecule has 4 bridgehead atoms. The van der Waals surface area contributed by atoms with Crippen molar-refractivity contribution in [3.05, 3.63) is 12.2 Å². The van der Waals surface area contributed by atoms with Gasteiger partial charge in [-0.15, -0.1) is 0 Å². The second-order valence-corrected chi connectivity index (χ2v) is 10.3. The summed E-state index contributed by atoms with van der Waals surface area (Å²) in [5, 5.41) is 0. The van der Waals surface area contributed by atoms with E-state index in [2.05, 4.69) is 19.1 Å². The summed E-state index contributed by atoms with van der Waals surface area (Å²) in [6.45, 7) is 5.56. The van der Waals surface area contributed by atoms with Crippen LogP contribution >= 0.6 is 0 Å². The monoisotopic (exact) mass is 388 g/mol. The summed E-state index contributed by atoms with van der Waals surface area (Å²) in [5.41, 5.74) is -1.01. The van der Waals surface area contributed by atoms with Gasteiger partial charge in [-0.2, -0.15) is 0 Å².